The molecule has 3 aliphatic rings. The molecule has 13 atom stereocenters. The molecule has 1 amide bonds. The second-order valence-corrected chi connectivity index (χ2v) is 18.1. The Morgan fingerprint density at radius 1 is 0.905 bits per heavy atom. The fourth-order valence-corrected chi connectivity index (χ4v) is 9.55. The van der Waals surface area contributed by atoms with E-state index in [1.165, 1.54) is 6.92 Å². The van der Waals surface area contributed by atoms with Gasteiger partial charge in [-0.3, -0.25) is 19.2 Å². The Balaban J connectivity index is 1.45. The second-order valence-electron chi connectivity index (χ2n) is 18.1. The fraction of sp³-hybridized carbons (Fsp3) is 0.625. The number of esters is 1. The highest BCUT2D eigenvalue weighted by Crippen LogP contribution is 2.42. The van der Waals surface area contributed by atoms with Crippen molar-refractivity contribution in [2.24, 2.45) is 34.7 Å². The van der Waals surface area contributed by atoms with E-state index in [1.54, 1.807) is 76.4 Å². The third-order valence-corrected chi connectivity index (χ3v) is 13.2. The Hall–Kier alpha value is -4.70. The Morgan fingerprint density at radius 2 is 1.57 bits per heavy atom. The zero-order valence-corrected chi connectivity index (χ0v) is 38.9. The lowest BCUT2D eigenvalue weighted by Crippen LogP contribution is -2.58. The Morgan fingerprint density at radius 3 is 2.22 bits per heavy atom. The Labute approximate surface area is 371 Å². The zero-order valence-electron chi connectivity index (χ0n) is 38.9. The van der Waals surface area contributed by atoms with Crippen LogP contribution in [-0.2, 0) is 42.8 Å². The number of hydrogen-bond acceptors (Lipinski definition) is 14. The number of methoxy groups -OCH3 is 1. The molecule has 0 bridgehead atoms. The summed E-state index contributed by atoms with van der Waals surface area (Å²) in [5.41, 5.74) is -0.964. The molecule has 3 saturated heterocycles. The minimum Gasteiger partial charge on any atom is -0.457 e. The molecule has 0 saturated carbocycles. The molecule has 3 heterocycles. The molecular weight excluding hydrogens is 811 g/mol. The summed E-state index contributed by atoms with van der Waals surface area (Å²) in [5, 5.41) is 7.48. The lowest BCUT2D eigenvalue weighted by Gasteiger charge is -2.47. The lowest BCUT2D eigenvalue weighted by molar-refractivity contribution is -0.280. The first-order valence-electron chi connectivity index (χ1n) is 22.1. The van der Waals surface area contributed by atoms with Crippen LogP contribution in [0.3, 0.4) is 0 Å². The largest absolute Gasteiger partial charge is 0.509 e. The van der Waals surface area contributed by atoms with Crippen LogP contribution in [0.25, 0.3) is 0 Å². The molecule has 2 aromatic rings. The molecule has 63 heavy (non-hydrogen) atoms. The minimum atomic E-state index is -1.46. The average Bonchev–Trinajstić information content (AvgIpc) is 3.58. The van der Waals surface area contributed by atoms with Crippen molar-refractivity contribution < 1.29 is 57.2 Å². The van der Waals surface area contributed by atoms with E-state index in [0.717, 1.165) is 6.42 Å². The zero-order chi connectivity index (χ0) is 46.4. The van der Waals surface area contributed by atoms with Gasteiger partial charge in [0, 0.05) is 53.5 Å². The average molecular weight is 878 g/mol. The fourth-order valence-electron chi connectivity index (χ4n) is 9.55. The van der Waals surface area contributed by atoms with Gasteiger partial charge in [0.1, 0.15) is 18.6 Å². The van der Waals surface area contributed by atoms with Crippen LogP contribution in [0, 0.1) is 29.6 Å². The predicted molar refractivity (Wildman–Crippen MR) is 234 cm³/mol. The van der Waals surface area contributed by atoms with Crippen LogP contribution in [0.1, 0.15) is 108 Å². The number of cyclic esters (lactones) is 1. The maximum Gasteiger partial charge on any atom is 0.509 e. The van der Waals surface area contributed by atoms with Crippen molar-refractivity contribution in [3.05, 3.63) is 71.3 Å². The summed E-state index contributed by atoms with van der Waals surface area (Å²) in [6, 6.07) is 15.5. The van der Waals surface area contributed by atoms with E-state index in [1.807, 2.05) is 47.9 Å². The highest BCUT2D eigenvalue weighted by atomic mass is 16.8. The van der Waals surface area contributed by atoms with Crippen molar-refractivity contribution in [2.75, 3.05) is 34.4 Å². The Kier molecular flexibility index (Phi) is 16.3. The number of carbonyl (C=O) groups excluding carboxylic acids is 5. The van der Waals surface area contributed by atoms with E-state index >= 15 is 0 Å². The molecule has 0 aliphatic carbocycles. The van der Waals surface area contributed by atoms with Gasteiger partial charge in [-0.25, -0.2) is 4.79 Å². The smallest absolute Gasteiger partial charge is 0.457 e. The highest BCUT2D eigenvalue weighted by Gasteiger charge is 2.58. The number of hydrogen-bond donors (Lipinski definition) is 1. The SMILES string of the molecule is CCC1OC(=O)[C@H](C)C(=O)[C@H](C)[C@@H](O[C@@H]2O[C@H](C)C[C@H](N(C)C)[C@H]2C)[C@](C)(OC)C[C@@H](C)/C(=N\OCCNC(=O)c2cccc(C(=O)c3ccccc3)c2)[C@H](C)[C@H]2OC(=O)O[C@]12C. The van der Waals surface area contributed by atoms with Gasteiger partial charge in [0.15, 0.2) is 29.6 Å². The summed E-state index contributed by atoms with van der Waals surface area (Å²) in [5.74, 6) is -5.03. The van der Waals surface area contributed by atoms with Gasteiger partial charge in [0.25, 0.3) is 5.91 Å². The number of oxime groups is 1. The third-order valence-electron chi connectivity index (χ3n) is 13.2. The number of fused-ring (bicyclic) bond motifs is 1. The number of ether oxygens (including phenoxy) is 6. The number of rotatable bonds is 12. The lowest BCUT2D eigenvalue weighted by atomic mass is 9.74. The minimum absolute atomic E-state index is 0.0381. The van der Waals surface area contributed by atoms with Gasteiger partial charge in [-0.15, -0.1) is 0 Å². The van der Waals surface area contributed by atoms with E-state index in [9.17, 15) is 24.0 Å². The molecular formula is C48H67N3O12. The summed E-state index contributed by atoms with van der Waals surface area (Å²) in [4.78, 5) is 75.6. The second kappa shape index (κ2) is 20.9. The van der Waals surface area contributed by atoms with Crippen LogP contribution >= 0.6 is 0 Å². The van der Waals surface area contributed by atoms with Crippen LogP contribution in [-0.4, -0.2) is 123 Å². The molecule has 1 N–H and O–H groups in total. The number of Topliss-reactive ketones (excluding diaryl/α,β-unsaturated/α-hetero) is 1. The molecule has 15 nitrogen and oxygen atoms in total. The number of nitrogens with zero attached hydrogens (tertiary/aromatic N) is 2. The number of benzene rings is 2. The van der Waals surface area contributed by atoms with Crippen LogP contribution in [0.2, 0.25) is 0 Å². The quantitative estimate of drug-likeness (QED) is 0.0790. The summed E-state index contributed by atoms with van der Waals surface area (Å²) in [7, 11) is 5.60. The number of ketones is 2. The first-order chi connectivity index (χ1) is 29.8. The van der Waals surface area contributed by atoms with Crippen LogP contribution in [0.15, 0.2) is 59.8 Å². The van der Waals surface area contributed by atoms with E-state index in [4.69, 9.17) is 33.3 Å². The summed E-state index contributed by atoms with van der Waals surface area (Å²) < 4.78 is 37.4. The molecule has 5 rings (SSSR count). The summed E-state index contributed by atoms with van der Waals surface area (Å²) in [6.45, 7) is 16.4. The van der Waals surface area contributed by atoms with Gasteiger partial charge in [-0.1, -0.05) is 82.2 Å². The van der Waals surface area contributed by atoms with Gasteiger partial charge >= 0.3 is 12.1 Å². The first kappa shape index (κ1) is 49.3. The van der Waals surface area contributed by atoms with Crippen molar-refractivity contribution in [3.63, 3.8) is 0 Å². The van der Waals surface area contributed by atoms with Gasteiger partial charge in [-0.05, 0) is 73.2 Å². The molecule has 2 aromatic carbocycles. The van der Waals surface area contributed by atoms with Crippen LogP contribution < -0.4 is 5.32 Å². The summed E-state index contributed by atoms with van der Waals surface area (Å²) >= 11 is 0. The molecule has 0 aromatic heterocycles. The monoisotopic (exact) mass is 877 g/mol. The normalized spacial score (nSPS) is 34.9. The number of carbonyl (C=O) groups is 5. The molecule has 0 spiro atoms. The van der Waals surface area contributed by atoms with Gasteiger partial charge in [-0.2, -0.15) is 0 Å². The molecule has 0 radical (unpaired) electrons. The van der Waals surface area contributed by atoms with E-state index in [-0.39, 0.29) is 49.8 Å². The van der Waals surface area contributed by atoms with E-state index in [0.29, 0.717) is 22.4 Å². The van der Waals surface area contributed by atoms with Crippen molar-refractivity contribution in [1.29, 1.82) is 0 Å². The highest BCUT2D eigenvalue weighted by molar-refractivity contribution is 6.10. The topological polar surface area (TPSA) is 178 Å². The third kappa shape index (κ3) is 11.0. The van der Waals surface area contributed by atoms with Crippen LogP contribution in [0.5, 0.6) is 0 Å². The summed E-state index contributed by atoms with van der Waals surface area (Å²) in [6.07, 6.45) is -3.36. The van der Waals surface area contributed by atoms with Crippen molar-refractivity contribution in [2.45, 2.75) is 130 Å². The first-order valence-corrected chi connectivity index (χ1v) is 22.1. The number of amides is 1. The van der Waals surface area contributed by atoms with E-state index < -0.39 is 83.3 Å². The molecule has 1 unspecified atom stereocenters. The van der Waals surface area contributed by atoms with Gasteiger partial charge in [0.2, 0.25) is 0 Å². The standard InChI is InChI=1S/C48H67N3O12/c1-13-37-48(9)42(62-46(56)63-48)30(5)38(50-58-23-22-49-43(54)35-21-17-20-34(25-35)40(53)33-18-15-14-16-19-33)27(2)26-47(8,57-12)41(31(6)39(52)32(7)44(55)60-37)61-45-29(4)36(51(10)11)24-28(3)59-45/h14-21,25,27-32,36-37,41-42,45H,13,22-24,26H2,1-12H3,(H,49,54)/b50-38+/t27-,28-,29-,30+,31+,32-,36+,37?,41-,42-,45+,47-,48-/m1/s1. The molecule has 3 aliphatic heterocycles. The maximum atomic E-state index is 14.4. The van der Waals surface area contributed by atoms with Gasteiger partial charge in [0.05, 0.1) is 30.1 Å². The predicted octanol–water partition coefficient (Wildman–Crippen LogP) is 6.64. The van der Waals surface area contributed by atoms with Crippen molar-refractivity contribution in [3.8, 4) is 0 Å². The van der Waals surface area contributed by atoms with E-state index in [2.05, 4.69) is 22.3 Å². The van der Waals surface area contributed by atoms with Crippen molar-refractivity contribution in [1.82, 2.24) is 10.2 Å². The molecule has 15 heteroatoms. The maximum absolute atomic E-state index is 14.4. The van der Waals surface area contributed by atoms with Crippen molar-refractivity contribution >= 4 is 35.3 Å². The van der Waals surface area contributed by atoms with Crippen LogP contribution in [0.4, 0.5) is 4.79 Å². The molecule has 3 fully saturated rings. The van der Waals surface area contributed by atoms with Gasteiger partial charge < -0.3 is 43.5 Å². The number of nitrogens with one attached hydrogen (secondary N) is 1. The Bertz CT molecular complexity index is 1980. The molecule has 346 valence electrons.